The van der Waals surface area contributed by atoms with Crippen molar-refractivity contribution in [2.24, 2.45) is 5.92 Å². The standard InChI is InChI=1S/C15H22N2O4S/c1-2-20-12-8-10-22-13(12)14(18)16-17-15(19)21-9-7-11-5-3-4-6-11/h8,10-11H,2-7,9H2,1H3,(H,16,18)(H,17,19). The summed E-state index contributed by atoms with van der Waals surface area (Å²) in [7, 11) is 0. The molecule has 1 heterocycles. The van der Waals surface area contributed by atoms with Gasteiger partial charge in [-0.2, -0.15) is 0 Å². The molecule has 0 radical (unpaired) electrons. The summed E-state index contributed by atoms with van der Waals surface area (Å²) in [6.07, 6.45) is 5.24. The second-order valence-corrected chi connectivity index (χ2v) is 6.12. The molecule has 0 aromatic carbocycles. The van der Waals surface area contributed by atoms with Crippen molar-refractivity contribution in [2.75, 3.05) is 13.2 Å². The fourth-order valence-corrected chi connectivity index (χ4v) is 3.28. The van der Waals surface area contributed by atoms with Crippen molar-refractivity contribution in [2.45, 2.75) is 39.0 Å². The van der Waals surface area contributed by atoms with Gasteiger partial charge in [-0.1, -0.05) is 25.7 Å². The van der Waals surface area contributed by atoms with E-state index in [0.29, 0.717) is 29.8 Å². The molecule has 22 heavy (non-hydrogen) atoms. The Hall–Kier alpha value is -1.76. The van der Waals surface area contributed by atoms with Gasteiger partial charge in [0.25, 0.3) is 5.91 Å². The van der Waals surface area contributed by atoms with Gasteiger partial charge in [0.2, 0.25) is 0 Å². The van der Waals surface area contributed by atoms with Crippen molar-refractivity contribution in [3.63, 3.8) is 0 Å². The summed E-state index contributed by atoms with van der Waals surface area (Å²) < 4.78 is 10.4. The molecule has 0 spiro atoms. The molecular weight excluding hydrogens is 304 g/mol. The summed E-state index contributed by atoms with van der Waals surface area (Å²) in [5.41, 5.74) is 4.58. The number of carbonyl (C=O) groups excluding carboxylic acids is 2. The zero-order valence-electron chi connectivity index (χ0n) is 12.7. The summed E-state index contributed by atoms with van der Waals surface area (Å²) in [5.74, 6) is 0.773. The molecule has 0 bridgehead atoms. The van der Waals surface area contributed by atoms with Crippen LogP contribution in [-0.2, 0) is 4.74 Å². The van der Waals surface area contributed by atoms with Crippen LogP contribution in [0.3, 0.4) is 0 Å². The zero-order valence-corrected chi connectivity index (χ0v) is 13.5. The van der Waals surface area contributed by atoms with E-state index >= 15 is 0 Å². The molecule has 1 fully saturated rings. The number of carbonyl (C=O) groups is 2. The van der Waals surface area contributed by atoms with Crippen LogP contribution < -0.4 is 15.6 Å². The van der Waals surface area contributed by atoms with E-state index in [0.717, 1.165) is 6.42 Å². The third-order valence-electron chi connectivity index (χ3n) is 3.65. The van der Waals surface area contributed by atoms with Crippen LogP contribution in [0, 0.1) is 5.92 Å². The Morgan fingerprint density at radius 2 is 2.09 bits per heavy atom. The minimum atomic E-state index is -0.638. The first-order chi connectivity index (χ1) is 10.7. The topological polar surface area (TPSA) is 76.7 Å². The summed E-state index contributed by atoms with van der Waals surface area (Å²) >= 11 is 1.25. The maximum absolute atomic E-state index is 11.9. The van der Waals surface area contributed by atoms with Crippen LogP contribution >= 0.6 is 11.3 Å². The lowest BCUT2D eigenvalue weighted by atomic mass is 10.1. The van der Waals surface area contributed by atoms with Gasteiger partial charge in [0.1, 0.15) is 10.6 Å². The minimum Gasteiger partial charge on any atom is -0.492 e. The molecule has 2 rings (SSSR count). The Morgan fingerprint density at radius 3 is 2.82 bits per heavy atom. The summed E-state index contributed by atoms with van der Waals surface area (Å²) in [6, 6.07) is 1.73. The Kier molecular flexibility index (Phi) is 6.51. The highest BCUT2D eigenvalue weighted by Gasteiger charge is 2.17. The third-order valence-corrected chi connectivity index (χ3v) is 4.54. The van der Waals surface area contributed by atoms with Crippen LogP contribution in [0.15, 0.2) is 11.4 Å². The fraction of sp³-hybridized carbons (Fsp3) is 0.600. The molecular formula is C15H22N2O4S. The highest BCUT2D eigenvalue weighted by molar-refractivity contribution is 7.12. The van der Waals surface area contributed by atoms with E-state index in [4.69, 9.17) is 9.47 Å². The van der Waals surface area contributed by atoms with Gasteiger partial charge in [-0.15, -0.1) is 11.3 Å². The second-order valence-electron chi connectivity index (χ2n) is 5.20. The quantitative estimate of drug-likeness (QED) is 0.788. The van der Waals surface area contributed by atoms with Crippen molar-refractivity contribution in [1.82, 2.24) is 10.9 Å². The molecule has 1 aromatic heterocycles. The van der Waals surface area contributed by atoms with E-state index in [2.05, 4.69) is 10.9 Å². The molecule has 1 saturated carbocycles. The van der Waals surface area contributed by atoms with Crippen molar-refractivity contribution >= 4 is 23.3 Å². The van der Waals surface area contributed by atoms with Crippen molar-refractivity contribution in [1.29, 1.82) is 0 Å². The van der Waals surface area contributed by atoms with E-state index in [1.165, 1.54) is 37.0 Å². The molecule has 2 N–H and O–H groups in total. The average molecular weight is 326 g/mol. The maximum atomic E-state index is 11.9. The van der Waals surface area contributed by atoms with Crippen LogP contribution in [0.2, 0.25) is 0 Å². The van der Waals surface area contributed by atoms with Gasteiger partial charge >= 0.3 is 6.09 Å². The molecule has 7 heteroatoms. The first kappa shape index (κ1) is 16.6. The van der Waals surface area contributed by atoms with Crippen LogP contribution in [0.1, 0.15) is 48.7 Å². The lowest BCUT2D eigenvalue weighted by molar-refractivity contribution is 0.0906. The number of thiophene rings is 1. The number of rotatable bonds is 6. The highest BCUT2D eigenvalue weighted by atomic mass is 32.1. The van der Waals surface area contributed by atoms with Gasteiger partial charge in [-0.3, -0.25) is 10.2 Å². The fourth-order valence-electron chi connectivity index (χ4n) is 2.55. The zero-order chi connectivity index (χ0) is 15.8. The van der Waals surface area contributed by atoms with Gasteiger partial charge in [0.05, 0.1) is 13.2 Å². The number of hydrogen-bond acceptors (Lipinski definition) is 5. The largest absolute Gasteiger partial charge is 0.492 e. The van der Waals surface area contributed by atoms with Gasteiger partial charge in [-0.25, -0.2) is 10.2 Å². The second kappa shape index (κ2) is 8.63. The van der Waals surface area contributed by atoms with E-state index in [9.17, 15) is 9.59 Å². The van der Waals surface area contributed by atoms with Gasteiger partial charge in [0, 0.05) is 0 Å². The number of amides is 2. The SMILES string of the molecule is CCOc1ccsc1C(=O)NNC(=O)OCCC1CCCC1. The maximum Gasteiger partial charge on any atom is 0.426 e. The molecule has 1 aliphatic carbocycles. The monoisotopic (exact) mass is 326 g/mol. The van der Waals surface area contributed by atoms with Crippen molar-refractivity contribution in [3.05, 3.63) is 16.3 Å². The normalized spacial score (nSPS) is 14.6. The van der Waals surface area contributed by atoms with Crippen LogP contribution in [-0.4, -0.2) is 25.2 Å². The predicted molar refractivity (Wildman–Crippen MR) is 84.0 cm³/mol. The molecule has 1 aliphatic rings. The molecule has 1 aromatic rings. The lowest BCUT2D eigenvalue weighted by Crippen LogP contribution is -2.41. The highest BCUT2D eigenvalue weighted by Crippen LogP contribution is 2.27. The Bertz CT molecular complexity index is 497. The Morgan fingerprint density at radius 1 is 1.32 bits per heavy atom. The Labute approximate surface area is 134 Å². The molecule has 0 saturated heterocycles. The summed E-state index contributed by atoms with van der Waals surface area (Å²) in [6.45, 7) is 2.71. The molecule has 2 amide bonds. The molecule has 0 atom stereocenters. The number of hydrazine groups is 1. The van der Waals surface area contributed by atoms with E-state index in [-0.39, 0.29) is 0 Å². The minimum absolute atomic E-state index is 0.384. The summed E-state index contributed by atoms with van der Waals surface area (Å²) in [4.78, 5) is 23.9. The van der Waals surface area contributed by atoms with Crippen LogP contribution in [0.5, 0.6) is 5.75 Å². The first-order valence-electron chi connectivity index (χ1n) is 7.64. The molecule has 6 nitrogen and oxygen atoms in total. The van der Waals surface area contributed by atoms with Gasteiger partial charge in [0.15, 0.2) is 0 Å². The van der Waals surface area contributed by atoms with Crippen molar-refractivity contribution in [3.8, 4) is 5.75 Å². The lowest BCUT2D eigenvalue weighted by Gasteiger charge is -2.11. The Balaban J connectivity index is 1.66. The number of nitrogens with one attached hydrogen (secondary N) is 2. The molecule has 122 valence electrons. The van der Waals surface area contributed by atoms with E-state index < -0.39 is 12.0 Å². The number of ether oxygens (including phenoxy) is 2. The molecule has 0 aliphatic heterocycles. The van der Waals surface area contributed by atoms with Gasteiger partial charge < -0.3 is 9.47 Å². The number of hydrogen-bond donors (Lipinski definition) is 2. The van der Waals surface area contributed by atoms with E-state index in [1.54, 1.807) is 11.4 Å². The van der Waals surface area contributed by atoms with Crippen molar-refractivity contribution < 1.29 is 19.1 Å². The first-order valence-corrected chi connectivity index (χ1v) is 8.52. The smallest absolute Gasteiger partial charge is 0.426 e. The predicted octanol–water partition coefficient (Wildman–Crippen LogP) is 3.10. The average Bonchev–Trinajstić information content (AvgIpc) is 3.17. The van der Waals surface area contributed by atoms with E-state index in [1.807, 2.05) is 6.92 Å². The summed E-state index contributed by atoms with van der Waals surface area (Å²) in [5, 5.41) is 1.76. The van der Waals surface area contributed by atoms with Crippen LogP contribution in [0.4, 0.5) is 4.79 Å². The molecule has 0 unspecified atom stereocenters. The van der Waals surface area contributed by atoms with Gasteiger partial charge in [-0.05, 0) is 30.7 Å². The third kappa shape index (κ3) is 4.91. The van der Waals surface area contributed by atoms with Crippen LogP contribution in [0.25, 0.3) is 0 Å².